The number of amides is 1. The Morgan fingerprint density at radius 2 is 2.00 bits per heavy atom. The summed E-state index contributed by atoms with van der Waals surface area (Å²) in [6, 6.07) is 7.25. The molecule has 0 aliphatic carbocycles. The summed E-state index contributed by atoms with van der Waals surface area (Å²) < 4.78 is 5.06. The van der Waals surface area contributed by atoms with Crippen LogP contribution in [0.2, 0.25) is 5.02 Å². The smallest absolute Gasteiger partial charge is 0.264 e. The molecule has 0 bridgehead atoms. The van der Waals surface area contributed by atoms with Crippen LogP contribution in [0.1, 0.15) is 0 Å². The molecule has 2 heterocycles. The lowest BCUT2D eigenvalue weighted by Crippen LogP contribution is -2.40. The molecular weight excluding hydrogens is 365 g/mol. The number of anilines is 1. The standard InChI is InChI=1S/C9H7ClN4.C7H10ClNO2/c10-7-3-1-2-6(4-7)8-12-5-13-9(11)14-8;1-6(8)7(10)9-2-4-11-5-3-9/h1-5H,(H2,11,12,13,14);1-5H2. The molecule has 0 radical (unpaired) electrons. The highest BCUT2D eigenvalue weighted by Crippen LogP contribution is 2.18. The third-order valence-corrected chi connectivity index (χ3v) is 3.60. The van der Waals surface area contributed by atoms with Gasteiger partial charge in [-0.25, -0.2) is 9.97 Å². The van der Waals surface area contributed by atoms with Gasteiger partial charge in [0.2, 0.25) is 5.95 Å². The summed E-state index contributed by atoms with van der Waals surface area (Å²) in [4.78, 5) is 24.5. The number of rotatable bonds is 2. The number of morpholine rings is 1. The summed E-state index contributed by atoms with van der Waals surface area (Å²) >= 11 is 11.3. The minimum absolute atomic E-state index is 0.0758. The number of nitrogens with two attached hydrogens (primary N) is 1. The van der Waals surface area contributed by atoms with Crippen LogP contribution < -0.4 is 5.73 Å². The van der Waals surface area contributed by atoms with Gasteiger partial charge in [-0.1, -0.05) is 41.9 Å². The van der Waals surface area contributed by atoms with Crippen LogP contribution in [0.3, 0.4) is 0 Å². The molecule has 2 N–H and O–H groups in total. The zero-order valence-corrected chi connectivity index (χ0v) is 14.9. The van der Waals surface area contributed by atoms with Gasteiger partial charge in [0, 0.05) is 23.7 Å². The van der Waals surface area contributed by atoms with Gasteiger partial charge >= 0.3 is 0 Å². The second-order valence-electron chi connectivity index (χ2n) is 4.99. The fraction of sp³-hybridized carbons (Fsp3) is 0.250. The largest absolute Gasteiger partial charge is 0.378 e. The van der Waals surface area contributed by atoms with Gasteiger partial charge in [-0.15, -0.1) is 0 Å². The Balaban J connectivity index is 0.000000186. The second kappa shape index (κ2) is 9.31. The van der Waals surface area contributed by atoms with E-state index in [-0.39, 0.29) is 16.9 Å². The minimum Gasteiger partial charge on any atom is -0.378 e. The van der Waals surface area contributed by atoms with E-state index in [2.05, 4.69) is 21.5 Å². The molecule has 1 saturated heterocycles. The van der Waals surface area contributed by atoms with Gasteiger partial charge in [0.25, 0.3) is 5.91 Å². The van der Waals surface area contributed by atoms with Crippen LogP contribution in [0.4, 0.5) is 5.95 Å². The molecule has 132 valence electrons. The van der Waals surface area contributed by atoms with Crippen molar-refractivity contribution in [1.82, 2.24) is 19.9 Å². The van der Waals surface area contributed by atoms with Crippen molar-refractivity contribution in [2.75, 3.05) is 32.0 Å². The van der Waals surface area contributed by atoms with Gasteiger partial charge in [-0.3, -0.25) is 4.79 Å². The zero-order chi connectivity index (χ0) is 18.2. The van der Waals surface area contributed by atoms with E-state index in [9.17, 15) is 4.79 Å². The average Bonchev–Trinajstić information content (AvgIpc) is 2.62. The lowest BCUT2D eigenvalue weighted by Gasteiger charge is -2.26. The molecule has 0 unspecified atom stereocenters. The Morgan fingerprint density at radius 1 is 1.28 bits per heavy atom. The van der Waals surface area contributed by atoms with Crippen molar-refractivity contribution in [2.24, 2.45) is 0 Å². The van der Waals surface area contributed by atoms with E-state index in [1.165, 1.54) is 6.33 Å². The van der Waals surface area contributed by atoms with Gasteiger partial charge in [-0.2, -0.15) is 4.98 Å². The Hall–Kier alpha value is -2.22. The zero-order valence-electron chi connectivity index (χ0n) is 13.4. The topological polar surface area (TPSA) is 94.2 Å². The number of nitrogens with zero attached hydrogens (tertiary/aromatic N) is 4. The highest BCUT2D eigenvalue weighted by molar-refractivity contribution is 6.41. The van der Waals surface area contributed by atoms with Crippen molar-refractivity contribution in [3.8, 4) is 11.4 Å². The fourth-order valence-corrected chi connectivity index (χ4v) is 2.32. The summed E-state index contributed by atoms with van der Waals surface area (Å²) in [6.07, 6.45) is 1.37. The minimum atomic E-state index is -0.185. The maximum Gasteiger partial charge on any atom is 0.264 e. The molecule has 7 nitrogen and oxygen atoms in total. The molecule has 2 aromatic rings. The van der Waals surface area contributed by atoms with E-state index in [1.54, 1.807) is 17.0 Å². The number of aromatic nitrogens is 3. The fourth-order valence-electron chi connectivity index (χ4n) is 2.01. The van der Waals surface area contributed by atoms with Crippen LogP contribution in [-0.4, -0.2) is 52.1 Å². The molecule has 9 heteroatoms. The number of hydrogen-bond donors (Lipinski definition) is 1. The number of hydrogen-bond acceptors (Lipinski definition) is 6. The number of halogens is 2. The highest BCUT2D eigenvalue weighted by atomic mass is 35.5. The van der Waals surface area contributed by atoms with Crippen LogP contribution in [-0.2, 0) is 9.53 Å². The van der Waals surface area contributed by atoms with Crippen LogP contribution >= 0.6 is 23.2 Å². The molecule has 0 spiro atoms. The van der Waals surface area contributed by atoms with Gasteiger partial charge in [0.15, 0.2) is 5.82 Å². The summed E-state index contributed by atoms with van der Waals surface area (Å²) in [6.45, 7) is 5.78. The lowest BCUT2D eigenvalue weighted by atomic mass is 10.2. The van der Waals surface area contributed by atoms with E-state index in [4.69, 9.17) is 33.7 Å². The number of ether oxygens (including phenoxy) is 1. The Kier molecular flexibility index (Phi) is 7.12. The number of nitrogen functional groups attached to an aromatic ring is 1. The van der Waals surface area contributed by atoms with Gasteiger partial charge in [-0.05, 0) is 12.1 Å². The predicted octanol–water partition coefficient (Wildman–Crippen LogP) is 2.37. The maximum atomic E-state index is 11.1. The van der Waals surface area contributed by atoms with Crippen molar-refractivity contribution in [3.05, 3.63) is 47.2 Å². The normalized spacial score (nSPS) is 13.6. The molecule has 25 heavy (non-hydrogen) atoms. The van der Waals surface area contributed by atoms with E-state index in [0.717, 1.165) is 5.56 Å². The van der Waals surface area contributed by atoms with E-state index >= 15 is 0 Å². The molecular formula is C16H17Cl2N5O2. The number of benzene rings is 1. The number of carbonyl (C=O) groups is 1. The molecule has 1 aliphatic heterocycles. The molecule has 1 aromatic carbocycles. The third-order valence-electron chi connectivity index (χ3n) is 3.20. The van der Waals surface area contributed by atoms with Crippen molar-refractivity contribution >= 4 is 35.1 Å². The SMILES string of the molecule is C=C(Cl)C(=O)N1CCOCC1.Nc1ncnc(-c2cccc(Cl)c2)n1. The van der Waals surface area contributed by atoms with E-state index < -0.39 is 0 Å². The van der Waals surface area contributed by atoms with Crippen molar-refractivity contribution in [3.63, 3.8) is 0 Å². The summed E-state index contributed by atoms with van der Waals surface area (Å²) in [5.41, 5.74) is 6.26. The first-order valence-corrected chi connectivity index (χ1v) is 8.15. The molecule has 0 atom stereocenters. The Morgan fingerprint density at radius 3 is 2.60 bits per heavy atom. The molecule has 1 fully saturated rings. The van der Waals surface area contributed by atoms with Crippen molar-refractivity contribution in [1.29, 1.82) is 0 Å². The van der Waals surface area contributed by atoms with Crippen LogP contribution in [0.5, 0.6) is 0 Å². The summed E-state index contributed by atoms with van der Waals surface area (Å²) in [5, 5.41) is 0.716. The molecule has 1 amide bonds. The van der Waals surface area contributed by atoms with Crippen molar-refractivity contribution in [2.45, 2.75) is 0 Å². The van der Waals surface area contributed by atoms with Gasteiger partial charge in [0.1, 0.15) is 6.33 Å². The molecule has 3 rings (SSSR count). The first kappa shape index (κ1) is 19.1. The second-order valence-corrected chi connectivity index (χ2v) is 5.88. The lowest BCUT2D eigenvalue weighted by molar-refractivity contribution is -0.130. The average molecular weight is 382 g/mol. The van der Waals surface area contributed by atoms with E-state index in [0.29, 0.717) is 37.2 Å². The molecule has 0 saturated carbocycles. The predicted molar refractivity (Wildman–Crippen MR) is 97.1 cm³/mol. The molecule has 1 aromatic heterocycles. The van der Waals surface area contributed by atoms with Gasteiger partial charge in [0.05, 0.1) is 18.2 Å². The summed E-state index contributed by atoms with van der Waals surface area (Å²) in [5.74, 6) is 0.546. The van der Waals surface area contributed by atoms with Crippen LogP contribution in [0, 0.1) is 0 Å². The van der Waals surface area contributed by atoms with Gasteiger partial charge < -0.3 is 15.4 Å². The van der Waals surface area contributed by atoms with Crippen LogP contribution in [0.25, 0.3) is 11.4 Å². The number of carbonyl (C=O) groups excluding carboxylic acids is 1. The highest BCUT2D eigenvalue weighted by Gasteiger charge is 2.17. The Labute approximate surface area is 155 Å². The first-order chi connectivity index (χ1) is 12.0. The molecule has 1 aliphatic rings. The third kappa shape index (κ3) is 5.97. The maximum absolute atomic E-state index is 11.1. The van der Waals surface area contributed by atoms with Crippen molar-refractivity contribution < 1.29 is 9.53 Å². The first-order valence-electron chi connectivity index (χ1n) is 7.39. The Bertz CT molecular complexity index is 707. The quantitative estimate of drug-likeness (QED) is 0.802. The monoisotopic (exact) mass is 381 g/mol. The summed E-state index contributed by atoms with van der Waals surface area (Å²) in [7, 11) is 0. The van der Waals surface area contributed by atoms with Crippen LogP contribution in [0.15, 0.2) is 42.2 Å². The van der Waals surface area contributed by atoms with E-state index in [1.807, 2.05) is 12.1 Å².